The van der Waals surface area contributed by atoms with E-state index >= 15 is 0 Å². The molecular weight excluding hydrogens is 656 g/mol. The molecule has 1 saturated heterocycles. The third-order valence-corrected chi connectivity index (χ3v) is 9.40. The minimum Gasteiger partial charge on any atom is -0.449 e. The van der Waals surface area contributed by atoms with Gasteiger partial charge in [-0.3, -0.25) is 28.8 Å². The molecule has 5 atom stereocenters. The van der Waals surface area contributed by atoms with Crippen LogP contribution in [0, 0.1) is 11.8 Å². The van der Waals surface area contributed by atoms with E-state index in [1.165, 1.54) is 9.80 Å². The number of likely N-dealkylation sites (N-methyl/N-ethyl adjacent to an activating group) is 1. The van der Waals surface area contributed by atoms with Crippen molar-refractivity contribution in [3.8, 4) is 0 Å². The van der Waals surface area contributed by atoms with Crippen molar-refractivity contribution in [2.75, 3.05) is 27.2 Å². The summed E-state index contributed by atoms with van der Waals surface area (Å²) in [5, 5.41) is 10.4. The molecule has 282 valence electrons. The normalized spacial score (nSPS) is 19.3. The van der Waals surface area contributed by atoms with E-state index in [-0.39, 0.29) is 42.7 Å². The van der Waals surface area contributed by atoms with Gasteiger partial charge in [-0.2, -0.15) is 0 Å². The second kappa shape index (κ2) is 19.8. The highest BCUT2D eigenvalue weighted by atomic mass is 16.5. The fourth-order valence-corrected chi connectivity index (χ4v) is 6.67. The van der Waals surface area contributed by atoms with Crippen LogP contribution in [0.25, 0.3) is 0 Å². The van der Waals surface area contributed by atoms with Gasteiger partial charge in [0, 0.05) is 20.1 Å². The lowest BCUT2D eigenvalue weighted by Gasteiger charge is -2.36. The maximum absolute atomic E-state index is 14.2. The first-order valence-corrected chi connectivity index (χ1v) is 18.2. The third-order valence-electron chi connectivity index (χ3n) is 9.40. The maximum Gasteiger partial charge on any atom is 0.407 e. The van der Waals surface area contributed by atoms with Gasteiger partial charge in [0.2, 0.25) is 29.4 Å². The number of amides is 6. The van der Waals surface area contributed by atoms with Crippen LogP contribution in [0.3, 0.4) is 0 Å². The second-order valence-corrected chi connectivity index (χ2v) is 14.2. The summed E-state index contributed by atoms with van der Waals surface area (Å²) >= 11 is 0. The molecule has 6 amide bonds. The van der Waals surface area contributed by atoms with Gasteiger partial charge in [-0.05, 0) is 56.4 Å². The van der Waals surface area contributed by atoms with Crippen LogP contribution in [0.15, 0.2) is 30.3 Å². The van der Waals surface area contributed by atoms with E-state index in [1.54, 1.807) is 51.4 Å². The Morgan fingerprint density at radius 3 is 2.18 bits per heavy atom. The molecule has 1 heterocycles. The largest absolute Gasteiger partial charge is 0.449 e. The third kappa shape index (κ3) is 11.8. The summed E-state index contributed by atoms with van der Waals surface area (Å²) in [6, 6.07) is 4.39. The van der Waals surface area contributed by atoms with Crippen molar-refractivity contribution in [2.24, 2.45) is 11.8 Å². The summed E-state index contributed by atoms with van der Waals surface area (Å²) in [6.45, 7) is 7.12. The monoisotopic (exact) mass is 712 g/mol. The standard InChI is InChI=1S/C37H56N6O8/c1-7-14-27(32(45)34(47)38-21-29(44)40-30(35(48)42(5)6)25-15-10-8-11-16-25)39-33(46)28-20-19-24(4)43(28)36(49)31(26-17-12-9-13-18-26)41-37(50)51-22-23(2)3/h8,10-11,15-16,23-24,26-28,30-31H,7,9,12-14,17-22H2,1-6H3,(H,38,47)(H,39,46)(H,40,44)(H,41,50)/t24-,27-,28-,30-,31?/m0/s1. The first kappa shape index (κ1) is 40.9. The van der Waals surface area contributed by atoms with Gasteiger partial charge in [0.1, 0.15) is 18.1 Å². The maximum atomic E-state index is 14.2. The number of benzene rings is 1. The molecule has 1 aliphatic heterocycles. The summed E-state index contributed by atoms with van der Waals surface area (Å²) in [5.41, 5.74) is 0.554. The number of hydrogen-bond donors (Lipinski definition) is 4. The van der Waals surface area contributed by atoms with Gasteiger partial charge in [-0.25, -0.2) is 4.79 Å². The Kier molecular flexibility index (Phi) is 15.9. The minimum absolute atomic E-state index is 0.103. The Balaban J connectivity index is 1.68. The summed E-state index contributed by atoms with van der Waals surface area (Å²) in [7, 11) is 3.12. The number of carbonyl (C=O) groups is 7. The lowest BCUT2D eigenvalue weighted by molar-refractivity contribution is -0.144. The number of alkyl carbamates (subject to hydrolysis) is 1. The topological polar surface area (TPSA) is 183 Å². The van der Waals surface area contributed by atoms with Crippen LogP contribution < -0.4 is 21.3 Å². The number of rotatable bonds is 16. The number of ether oxygens (including phenoxy) is 1. The van der Waals surface area contributed by atoms with Gasteiger partial charge >= 0.3 is 6.09 Å². The van der Waals surface area contributed by atoms with Crippen LogP contribution in [-0.4, -0.2) is 103 Å². The van der Waals surface area contributed by atoms with Crippen molar-refractivity contribution in [1.29, 1.82) is 0 Å². The van der Waals surface area contributed by atoms with Crippen LogP contribution in [0.2, 0.25) is 0 Å². The lowest BCUT2D eigenvalue weighted by atomic mass is 9.83. The van der Waals surface area contributed by atoms with Gasteiger partial charge in [0.05, 0.1) is 19.2 Å². The van der Waals surface area contributed by atoms with Crippen molar-refractivity contribution in [3.05, 3.63) is 35.9 Å². The van der Waals surface area contributed by atoms with Crippen molar-refractivity contribution in [1.82, 2.24) is 31.1 Å². The van der Waals surface area contributed by atoms with Crippen molar-refractivity contribution < 1.29 is 38.3 Å². The molecule has 51 heavy (non-hydrogen) atoms. The molecule has 0 spiro atoms. The van der Waals surface area contributed by atoms with E-state index in [2.05, 4.69) is 21.3 Å². The van der Waals surface area contributed by atoms with Gasteiger partial charge in [-0.1, -0.05) is 76.8 Å². The molecule has 0 aromatic heterocycles. The number of likely N-dealkylation sites (tertiary alicyclic amines) is 1. The summed E-state index contributed by atoms with van der Waals surface area (Å²) in [6.07, 6.45) is 5.28. The van der Waals surface area contributed by atoms with Crippen LogP contribution in [0.5, 0.6) is 0 Å². The van der Waals surface area contributed by atoms with Gasteiger partial charge in [0.15, 0.2) is 0 Å². The quantitative estimate of drug-likeness (QED) is 0.189. The van der Waals surface area contributed by atoms with E-state index in [1.807, 2.05) is 20.8 Å². The number of nitrogens with zero attached hydrogens (tertiary/aromatic N) is 2. The second-order valence-electron chi connectivity index (χ2n) is 14.2. The molecule has 2 fully saturated rings. The number of hydrogen-bond acceptors (Lipinski definition) is 8. The van der Waals surface area contributed by atoms with E-state index in [0.717, 1.165) is 32.1 Å². The fourth-order valence-electron chi connectivity index (χ4n) is 6.67. The van der Waals surface area contributed by atoms with Gasteiger partial charge < -0.3 is 35.8 Å². The molecule has 14 heteroatoms. The molecule has 3 rings (SSSR count). The average molecular weight is 713 g/mol. The number of ketones is 1. The highest BCUT2D eigenvalue weighted by Crippen LogP contribution is 2.31. The molecule has 1 aliphatic carbocycles. The minimum atomic E-state index is -1.19. The zero-order chi connectivity index (χ0) is 37.7. The van der Waals surface area contributed by atoms with Crippen molar-refractivity contribution >= 4 is 41.4 Å². The summed E-state index contributed by atoms with van der Waals surface area (Å²) in [5.74, 6) is -3.96. The lowest BCUT2D eigenvalue weighted by Crippen LogP contribution is -2.59. The van der Waals surface area contributed by atoms with Crippen molar-refractivity contribution in [3.63, 3.8) is 0 Å². The predicted octanol–water partition coefficient (Wildman–Crippen LogP) is 2.61. The Morgan fingerprint density at radius 2 is 1.57 bits per heavy atom. The van der Waals surface area contributed by atoms with Gasteiger partial charge in [0.25, 0.3) is 5.91 Å². The average Bonchev–Trinajstić information content (AvgIpc) is 3.51. The van der Waals surface area contributed by atoms with Crippen LogP contribution in [0.4, 0.5) is 4.79 Å². The Labute approximate surface area is 301 Å². The summed E-state index contributed by atoms with van der Waals surface area (Å²) < 4.78 is 5.34. The highest BCUT2D eigenvalue weighted by molar-refractivity contribution is 6.38. The zero-order valence-electron chi connectivity index (χ0n) is 30.9. The smallest absolute Gasteiger partial charge is 0.407 e. The Morgan fingerprint density at radius 1 is 0.902 bits per heavy atom. The van der Waals surface area contributed by atoms with E-state index in [0.29, 0.717) is 24.8 Å². The number of nitrogens with one attached hydrogen (secondary N) is 4. The molecule has 1 unspecified atom stereocenters. The zero-order valence-corrected chi connectivity index (χ0v) is 30.9. The molecular formula is C37H56N6O8. The fraction of sp³-hybridized carbons (Fsp3) is 0.649. The van der Waals surface area contributed by atoms with Crippen LogP contribution in [-0.2, 0) is 33.5 Å². The SMILES string of the molecule is CCC[C@H](NC(=O)[C@@H]1CC[C@H](C)N1C(=O)C(NC(=O)OCC(C)C)C1CCCCC1)C(=O)C(=O)NCC(=O)N[C@H](C(=O)N(C)C)c1ccccc1. The molecule has 0 radical (unpaired) electrons. The molecule has 14 nitrogen and oxygen atoms in total. The van der Waals surface area contributed by atoms with E-state index in [4.69, 9.17) is 4.74 Å². The molecule has 4 N–H and O–H groups in total. The van der Waals surface area contributed by atoms with Crippen molar-refractivity contribution in [2.45, 2.75) is 116 Å². The van der Waals surface area contributed by atoms with Crippen LogP contribution >= 0.6 is 0 Å². The molecule has 2 aliphatic rings. The molecule has 1 aromatic rings. The first-order chi connectivity index (χ1) is 24.2. The highest BCUT2D eigenvalue weighted by Gasteiger charge is 2.44. The first-order valence-electron chi connectivity index (χ1n) is 18.2. The summed E-state index contributed by atoms with van der Waals surface area (Å²) in [4.78, 5) is 95.4. The van der Waals surface area contributed by atoms with Gasteiger partial charge in [-0.15, -0.1) is 0 Å². The number of carbonyl (C=O) groups excluding carboxylic acids is 7. The van der Waals surface area contributed by atoms with E-state index < -0.39 is 60.3 Å². The molecule has 0 bridgehead atoms. The predicted molar refractivity (Wildman–Crippen MR) is 190 cm³/mol. The Hall–Kier alpha value is -4.49. The number of Topliss-reactive ketones (excluding diaryl/α,β-unsaturated/α-hetero) is 1. The molecule has 1 saturated carbocycles. The van der Waals surface area contributed by atoms with Crippen LogP contribution in [0.1, 0.15) is 97.1 Å². The Bertz CT molecular complexity index is 1380. The van der Waals surface area contributed by atoms with E-state index in [9.17, 15) is 33.6 Å². The molecule has 1 aromatic carbocycles.